The summed E-state index contributed by atoms with van der Waals surface area (Å²) in [6.07, 6.45) is 9.51. The fraction of sp³-hybridized carbons (Fsp3) is 0.442. The van der Waals surface area contributed by atoms with Gasteiger partial charge in [-0.2, -0.15) is 0 Å². The number of anilines is 6. The van der Waals surface area contributed by atoms with Gasteiger partial charge < -0.3 is 39.4 Å². The number of hydrogen-bond acceptors (Lipinski definition) is 11. The minimum absolute atomic E-state index is 0.0590. The molecule has 3 atom stereocenters. The van der Waals surface area contributed by atoms with Gasteiger partial charge in [0.15, 0.2) is 5.82 Å². The van der Waals surface area contributed by atoms with E-state index in [9.17, 15) is 19.5 Å². The fourth-order valence-corrected chi connectivity index (χ4v) is 11.5. The molecule has 2 aromatic carbocycles. The Balaban J connectivity index is 0.863. The molecule has 4 aliphatic heterocycles. The molecule has 7 heterocycles. The molecule has 5 aromatic rings. The van der Waals surface area contributed by atoms with E-state index in [0.717, 1.165) is 70.6 Å². The number of amides is 2. The highest BCUT2D eigenvalue weighted by atomic mass is 16.5. The minimum Gasteiger partial charge on any atom is -0.392 e. The second kappa shape index (κ2) is 17.7. The first-order valence-corrected chi connectivity index (χ1v) is 23.8. The van der Waals surface area contributed by atoms with Crippen molar-refractivity contribution in [3.63, 3.8) is 0 Å². The lowest BCUT2D eigenvalue weighted by Gasteiger charge is -2.49. The number of rotatable bonds is 10. The number of aryl methyl sites for hydroxylation is 1. The number of aliphatic hydroxyl groups excluding tert-OH is 1. The Morgan fingerprint density at radius 2 is 1.82 bits per heavy atom. The third kappa shape index (κ3) is 8.31. The number of carbonyl (C=O) groups excluding carboxylic acids is 2. The third-order valence-corrected chi connectivity index (χ3v) is 14.8. The zero-order chi connectivity index (χ0) is 46.7. The van der Waals surface area contributed by atoms with Gasteiger partial charge in [-0.25, -0.2) is 9.97 Å². The number of pyridine rings is 1. The predicted molar refractivity (Wildman–Crippen MR) is 262 cm³/mol. The zero-order valence-corrected chi connectivity index (χ0v) is 39.3. The van der Waals surface area contributed by atoms with E-state index in [0.29, 0.717) is 71.5 Å². The molecule has 3 aromatic heterocycles. The number of nitrogens with zero attached hydrogens (tertiary/aromatic N) is 8. The molecule has 15 heteroatoms. The van der Waals surface area contributed by atoms with Gasteiger partial charge in [-0.1, -0.05) is 32.6 Å². The highest BCUT2D eigenvalue weighted by Gasteiger charge is 2.39. The molecule has 2 saturated heterocycles. The normalized spacial score (nSPS) is 21.4. The van der Waals surface area contributed by atoms with E-state index in [1.54, 1.807) is 30.4 Å². The molecule has 5 aliphatic rings. The van der Waals surface area contributed by atoms with Gasteiger partial charge in [0.25, 0.3) is 11.5 Å². The number of hydrogen-bond donors (Lipinski definition) is 3. The Labute approximate surface area is 392 Å². The lowest BCUT2D eigenvalue weighted by molar-refractivity contribution is -0.111. The van der Waals surface area contributed by atoms with Crippen molar-refractivity contribution in [1.82, 2.24) is 24.0 Å². The van der Waals surface area contributed by atoms with Crippen molar-refractivity contribution in [1.29, 1.82) is 0 Å². The first-order chi connectivity index (χ1) is 32.3. The minimum atomic E-state index is -0.396. The van der Waals surface area contributed by atoms with E-state index in [1.165, 1.54) is 38.7 Å². The van der Waals surface area contributed by atoms with E-state index >= 15 is 0 Å². The summed E-state index contributed by atoms with van der Waals surface area (Å²) in [6.45, 7) is 18.5. The highest BCUT2D eigenvalue weighted by molar-refractivity contribution is 6.06. The van der Waals surface area contributed by atoms with Crippen LogP contribution in [-0.2, 0) is 55.6 Å². The van der Waals surface area contributed by atoms with Crippen LogP contribution in [0.2, 0.25) is 0 Å². The van der Waals surface area contributed by atoms with Crippen molar-refractivity contribution in [2.75, 3.05) is 64.7 Å². The van der Waals surface area contributed by atoms with Crippen molar-refractivity contribution in [3.05, 3.63) is 118 Å². The van der Waals surface area contributed by atoms with E-state index in [-0.39, 0.29) is 34.6 Å². The standard InChI is InChI=1S/C52H62N10O5/c1-7-47(64)55-41-25-36(11-12-44(41)60-19-18-58(28-33(60)3)37-14-17-59(32(2)23-37)43-10-8-9-34-31-67-22-15-38(34)43)54-48-51(66)57(6)29-42(56-48)39-13-16-53-49(40(39)30-63)62-21-20-61-45(50(62)65)24-35-26-52(4,5)27-46(35)61/h7-13,16,24-25,29,32-33,37,63H,1,14-15,17-23,26-28,30-31H2,2-6H3,(H,54,56)(H,55,64)/t32-,33-,37?/m0/s1. The predicted octanol–water partition coefficient (Wildman–Crippen LogP) is 6.43. The number of piperidine rings is 1. The number of nitrogens with one attached hydrogen (secondary N) is 2. The lowest BCUT2D eigenvalue weighted by Crippen LogP contribution is -2.58. The lowest BCUT2D eigenvalue weighted by atomic mass is 9.90. The van der Waals surface area contributed by atoms with Gasteiger partial charge >= 0.3 is 0 Å². The molecule has 1 unspecified atom stereocenters. The Bertz CT molecular complexity index is 2830. The summed E-state index contributed by atoms with van der Waals surface area (Å²) < 4.78 is 9.35. The topological polar surface area (TPSA) is 153 Å². The van der Waals surface area contributed by atoms with Crippen molar-refractivity contribution >= 4 is 46.2 Å². The summed E-state index contributed by atoms with van der Waals surface area (Å²) in [5.41, 5.74) is 10.5. The quantitative estimate of drug-likeness (QED) is 0.133. The summed E-state index contributed by atoms with van der Waals surface area (Å²) in [5.74, 6) is -0.0687. The molecule has 67 heavy (non-hydrogen) atoms. The summed E-state index contributed by atoms with van der Waals surface area (Å²) in [5, 5.41) is 17.1. The van der Waals surface area contributed by atoms with Gasteiger partial charge in [-0.05, 0) is 111 Å². The fourth-order valence-electron chi connectivity index (χ4n) is 11.5. The SMILES string of the molecule is C=CC(=O)Nc1cc(Nc2nc(-c3ccnc(N4CCn5c(cc6c5CC(C)(C)C6)C4=O)c3CO)cn(C)c2=O)ccc1N1CCN(C2CCN(c3cccc4c3CCOC4)[C@@H](C)C2)C[C@@H]1C. The Morgan fingerprint density at radius 1 is 0.985 bits per heavy atom. The summed E-state index contributed by atoms with van der Waals surface area (Å²) in [6, 6.07) is 17.2. The smallest absolute Gasteiger partial charge is 0.293 e. The van der Waals surface area contributed by atoms with E-state index in [4.69, 9.17) is 9.72 Å². The Hall–Kier alpha value is -6.29. The molecule has 0 saturated carbocycles. The van der Waals surface area contributed by atoms with Gasteiger partial charge in [0.2, 0.25) is 5.91 Å². The molecule has 0 spiro atoms. The number of aliphatic hydroxyl groups is 1. The Morgan fingerprint density at radius 3 is 2.61 bits per heavy atom. The van der Waals surface area contributed by atoms with E-state index < -0.39 is 6.61 Å². The molecule has 0 bridgehead atoms. The van der Waals surface area contributed by atoms with Gasteiger partial charge in [0.05, 0.1) is 36.9 Å². The second-order valence-electron chi connectivity index (χ2n) is 19.9. The van der Waals surface area contributed by atoms with E-state index in [2.05, 4.69) is 87.4 Å². The van der Waals surface area contributed by atoms with Crippen LogP contribution in [0, 0.1) is 5.41 Å². The average Bonchev–Trinajstić information content (AvgIpc) is 3.82. The van der Waals surface area contributed by atoms with Gasteiger partial charge in [0, 0.05) is 105 Å². The Kier molecular flexibility index (Phi) is 11.8. The second-order valence-corrected chi connectivity index (χ2v) is 19.9. The van der Waals surface area contributed by atoms with Crippen LogP contribution in [0.5, 0.6) is 0 Å². The molecule has 350 valence electrons. The highest BCUT2D eigenvalue weighted by Crippen LogP contribution is 2.41. The largest absolute Gasteiger partial charge is 0.392 e. The molecule has 0 radical (unpaired) electrons. The first kappa shape index (κ1) is 44.5. The molecule has 10 rings (SSSR count). The summed E-state index contributed by atoms with van der Waals surface area (Å²) in [7, 11) is 1.65. The van der Waals surface area contributed by atoms with Crippen molar-refractivity contribution < 1.29 is 19.4 Å². The van der Waals surface area contributed by atoms with Crippen LogP contribution in [0.4, 0.5) is 34.4 Å². The number of piperazine rings is 1. The van der Waals surface area contributed by atoms with Crippen LogP contribution in [0.15, 0.2) is 78.4 Å². The molecule has 15 nitrogen and oxygen atoms in total. The average molecular weight is 907 g/mol. The number of ether oxygens (including phenoxy) is 1. The van der Waals surface area contributed by atoms with E-state index in [1.807, 2.05) is 24.3 Å². The maximum Gasteiger partial charge on any atom is 0.293 e. The van der Waals surface area contributed by atoms with Crippen LogP contribution in [0.3, 0.4) is 0 Å². The van der Waals surface area contributed by atoms with Crippen LogP contribution < -0.4 is 30.9 Å². The maximum absolute atomic E-state index is 14.1. The molecular weight excluding hydrogens is 845 g/mol. The molecule has 2 fully saturated rings. The van der Waals surface area contributed by atoms with Gasteiger partial charge in [0.1, 0.15) is 11.5 Å². The number of aromatic nitrogens is 4. The monoisotopic (exact) mass is 906 g/mol. The number of fused-ring (bicyclic) bond motifs is 4. The zero-order valence-electron chi connectivity index (χ0n) is 39.3. The van der Waals surface area contributed by atoms with Crippen LogP contribution in [0.25, 0.3) is 11.3 Å². The molecular formula is C52H62N10O5. The van der Waals surface area contributed by atoms with Crippen LogP contribution in [0.1, 0.15) is 79.0 Å². The van der Waals surface area contributed by atoms with Crippen molar-refractivity contribution in [2.24, 2.45) is 12.5 Å². The van der Waals surface area contributed by atoms with Crippen LogP contribution in [-0.4, -0.2) is 98.4 Å². The number of carbonyl (C=O) groups is 2. The summed E-state index contributed by atoms with van der Waals surface area (Å²) >= 11 is 0. The van der Waals surface area contributed by atoms with Crippen molar-refractivity contribution in [2.45, 2.75) is 97.7 Å². The van der Waals surface area contributed by atoms with Crippen LogP contribution >= 0.6 is 0 Å². The first-order valence-electron chi connectivity index (χ1n) is 23.8. The van der Waals surface area contributed by atoms with Crippen molar-refractivity contribution in [3.8, 4) is 11.3 Å². The molecule has 3 N–H and O–H groups in total. The van der Waals surface area contributed by atoms with Gasteiger partial charge in [-0.3, -0.25) is 24.2 Å². The van der Waals surface area contributed by atoms with Gasteiger partial charge in [-0.15, -0.1) is 0 Å². The summed E-state index contributed by atoms with van der Waals surface area (Å²) in [4.78, 5) is 59.3. The molecule has 2 amide bonds. The third-order valence-electron chi connectivity index (χ3n) is 14.8. The maximum atomic E-state index is 14.1. The number of benzene rings is 2. The molecule has 1 aliphatic carbocycles.